The minimum Gasteiger partial charge on any atom is -0.494 e. The fraction of sp³-hybridized carbons (Fsp3) is 0.296. The van der Waals surface area contributed by atoms with E-state index in [-0.39, 0.29) is 17.5 Å². The molecule has 0 radical (unpaired) electrons. The van der Waals surface area contributed by atoms with E-state index >= 15 is 0 Å². The number of sulfonamides is 1. The highest BCUT2D eigenvalue weighted by Gasteiger charge is 2.28. The van der Waals surface area contributed by atoms with Gasteiger partial charge in [-0.25, -0.2) is 8.42 Å². The molecule has 3 aromatic rings. The van der Waals surface area contributed by atoms with Crippen LogP contribution in [0.1, 0.15) is 43.0 Å². The molecule has 0 spiro atoms. The third-order valence-electron chi connectivity index (χ3n) is 5.80. The lowest BCUT2D eigenvalue weighted by atomic mass is 9.99. The van der Waals surface area contributed by atoms with Crippen LogP contribution in [0.5, 0.6) is 5.75 Å². The summed E-state index contributed by atoms with van der Waals surface area (Å²) in [6.07, 6.45) is 0.668. The van der Waals surface area contributed by atoms with E-state index in [9.17, 15) is 13.2 Å². The summed E-state index contributed by atoms with van der Waals surface area (Å²) in [6, 6.07) is 18.4. The Morgan fingerprint density at radius 2 is 1.63 bits per heavy atom. The summed E-state index contributed by atoms with van der Waals surface area (Å²) in [7, 11) is -4.04. The molecule has 35 heavy (non-hydrogen) atoms. The largest absolute Gasteiger partial charge is 0.494 e. The molecule has 8 heteroatoms. The van der Waals surface area contributed by atoms with E-state index in [2.05, 4.69) is 11.4 Å². The summed E-state index contributed by atoms with van der Waals surface area (Å²) >= 11 is 5.96. The van der Waals surface area contributed by atoms with Crippen LogP contribution in [-0.2, 0) is 14.8 Å². The lowest BCUT2D eigenvalue weighted by molar-refractivity contribution is -0.120. The number of hydrogen-bond acceptors (Lipinski definition) is 4. The van der Waals surface area contributed by atoms with Crippen LogP contribution in [0, 0.1) is 13.8 Å². The summed E-state index contributed by atoms with van der Waals surface area (Å²) in [6.45, 7) is 8.03. The lowest BCUT2D eigenvalue weighted by Gasteiger charge is -2.26. The first-order valence-corrected chi connectivity index (χ1v) is 13.3. The number of hydrogen-bond donors (Lipinski definition) is 1. The molecule has 0 aromatic heterocycles. The van der Waals surface area contributed by atoms with Gasteiger partial charge in [-0.1, -0.05) is 36.7 Å². The van der Waals surface area contributed by atoms with E-state index < -0.39 is 15.9 Å². The van der Waals surface area contributed by atoms with Gasteiger partial charge >= 0.3 is 0 Å². The minimum absolute atomic E-state index is 0.0461. The van der Waals surface area contributed by atoms with Crippen LogP contribution in [0.15, 0.2) is 71.6 Å². The molecule has 1 amide bonds. The quantitative estimate of drug-likeness (QED) is 0.370. The zero-order valence-electron chi connectivity index (χ0n) is 20.4. The van der Waals surface area contributed by atoms with E-state index in [1.807, 2.05) is 39.8 Å². The summed E-state index contributed by atoms with van der Waals surface area (Å²) < 4.78 is 33.7. The maximum absolute atomic E-state index is 13.6. The Hall–Kier alpha value is -3.03. The smallest absolute Gasteiger partial charge is 0.264 e. The van der Waals surface area contributed by atoms with Crippen LogP contribution in [0.2, 0.25) is 5.02 Å². The normalized spacial score (nSPS) is 12.1. The van der Waals surface area contributed by atoms with Gasteiger partial charge in [-0.2, -0.15) is 0 Å². The van der Waals surface area contributed by atoms with Crippen LogP contribution in [0.4, 0.5) is 5.69 Å². The molecule has 1 unspecified atom stereocenters. The number of aryl methyl sites for hydroxylation is 2. The van der Waals surface area contributed by atoms with Crippen LogP contribution in [0.25, 0.3) is 0 Å². The van der Waals surface area contributed by atoms with Gasteiger partial charge in [-0.3, -0.25) is 9.10 Å². The topological polar surface area (TPSA) is 75.7 Å². The highest BCUT2D eigenvalue weighted by molar-refractivity contribution is 7.92. The number of carbonyl (C=O) groups is 1. The molecule has 0 bridgehead atoms. The third kappa shape index (κ3) is 6.55. The van der Waals surface area contributed by atoms with Gasteiger partial charge in [0.2, 0.25) is 5.91 Å². The molecule has 0 saturated carbocycles. The molecule has 0 aliphatic carbocycles. The molecule has 1 atom stereocenters. The van der Waals surface area contributed by atoms with Crippen molar-refractivity contribution >= 4 is 33.2 Å². The SMILES string of the molecule is CCOc1ccc(N(CC(=O)NC(CC)c2ccc(C)c(C)c2)S(=O)(=O)c2ccc(Cl)cc2)cc1. The van der Waals surface area contributed by atoms with Crippen molar-refractivity contribution in [1.29, 1.82) is 0 Å². The van der Waals surface area contributed by atoms with E-state index in [1.54, 1.807) is 24.3 Å². The maximum Gasteiger partial charge on any atom is 0.264 e. The minimum atomic E-state index is -4.04. The van der Waals surface area contributed by atoms with Crippen molar-refractivity contribution in [2.24, 2.45) is 0 Å². The first kappa shape index (κ1) is 26.6. The molecule has 0 fully saturated rings. The maximum atomic E-state index is 13.6. The third-order valence-corrected chi connectivity index (χ3v) is 7.84. The molecule has 3 aromatic carbocycles. The second-order valence-corrected chi connectivity index (χ2v) is 10.6. The summed E-state index contributed by atoms with van der Waals surface area (Å²) in [5.41, 5.74) is 3.65. The number of anilines is 1. The number of ether oxygens (including phenoxy) is 1. The highest BCUT2D eigenvalue weighted by atomic mass is 35.5. The standard InChI is InChI=1S/C27H31ClN2O4S/c1-5-26(21-8-7-19(3)20(4)17-21)29-27(31)18-30(23-11-13-24(14-12-23)34-6-2)35(32,33)25-15-9-22(28)10-16-25/h7-17,26H,5-6,18H2,1-4H3,(H,29,31). The summed E-state index contributed by atoms with van der Waals surface area (Å²) in [5.74, 6) is 0.215. The zero-order valence-corrected chi connectivity index (χ0v) is 22.0. The van der Waals surface area contributed by atoms with Crippen molar-refractivity contribution in [2.45, 2.75) is 45.1 Å². The monoisotopic (exact) mass is 514 g/mol. The summed E-state index contributed by atoms with van der Waals surface area (Å²) in [5, 5.41) is 3.43. The van der Waals surface area contributed by atoms with Gasteiger partial charge in [0.05, 0.1) is 23.2 Å². The molecule has 1 N–H and O–H groups in total. The number of rotatable bonds is 10. The van der Waals surface area contributed by atoms with Crippen molar-refractivity contribution in [3.63, 3.8) is 0 Å². The second-order valence-electron chi connectivity index (χ2n) is 8.26. The molecule has 0 aliphatic heterocycles. The Balaban J connectivity index is 1.91. The van der Waals surface area contributed by atoms with E-state index in [0.717, 1.165) is 15.4 Å². The Labute approximate surface area is 212 Å². The van der Waals surface area contributed by atoms with Gasteiger partial charge in [0, 0.05) is 5.02 Å². The van der Waals surface area contributed by atoms with Crippen LogP contribution < -0.4 is 14.4 Å². The molecule has 0 heterocycles. The van der Waals surface area contributed by atoms with Gasteiger partial charge in [0.25, 0.3) is 10.0 Å². The number of nitrogens with zero attached hydrogens (tertiary/aromatic N) is 1. The molecule has 6 nitrogen and oxygen atoms in total. The molecule has 3 rings (SSSR count). The fourth-order valence-corrected chi connectivity index (χ4v) is 5.24. The number of carbonyl (C=O) groups excluding carboxylic acids is 1. The van der Waals surface area contributed by atoms with E-state index in [1.165, 1.54) is 29.8 Å². The van der Waals surface area contributed by atoms with Gasteiger partial charge < -0.3 is 10.1 Å². The number of amides is 1. The predicted octanol–water partition coefficient (Wildman–Crippen LogP) is 5.82. The first-order valence-electron chi connectivity index (χ1n) is 11.5. The van der Waals surface area contributed by atoms with Crippen molar-refractivity contribution < 1.29 is 17.9 Å². The van der Waals surface area contributed by atoms with Crippen molar-refractivity contribution in [2.75, 3.05) is 17.5 Å². The van der Waals surface area contributed by atoms with Crippen molar-refractivity contribution in [3.8, 4) is 5.75 Å². The lowest BCUT2D eigenvalue weighted by Crippen LogP contribution is -2.42. The molecule has 0 saturated heterocycles. The zero-order chi connectivity index (χ0) is 25.6. The number of halogens is 1. The van der Waals surface area contributed by atoms with Crippen LogP contribution in [-0.4, -0.2) is 27.5 Å². The molecular weight excluding hydrogens is 484 g/mol. The Kier molecular flexibility index (Phi) is 8.81. The Morgan fingerprint density at radius 3 is 2.20 bits per heavy atom. The van der Waals surface area contributed by atoms with E-state index in [4.69, 9.17) is 16.3 Å². The van der Waals surface area contributed by atoms with Gasteiger partial charge in [0.1, 0.15) is 12.3 Å². The fourth-order valence-electron chi connectivity index (χ4n) is 3.70. The predicted molar refractivity (Wildman–Crippen MR) is 141 cm³/mol. The first-order chi connectivity index (χ1) is 16.6. The van der Waals surface area contributed by atoms with Gasteiger partial charge in [-0.15, -0.1) is 0 Å². The Bertz CT molecular complexity index is 1260. The average molecular weight is 515 g/mol. The molecule has 186 valence electrons. The van der Waals surface area contributed by atoms with Crippen molar-refractivity contribution in [1.82, 2.24) is 5.32 Å². The van der Waals surface area contributed by atoms with Crippen molar-refractivity contribution in [3.05, 3.63) is 88.4 Å². The van der Waals surface area contributed by atoms with Gasteiger partial charge in [0.15, 0.2) is 0 Å². The van der Waals surface area contributed by atoms with E-state index in [0.29, 0.717) is 29.5 Å². The number of benzene rings is 3. The highest BCUT2D eigenvalue weighted by Crippen LogP contribution is 2.27. The molecule has 0 aliphatic rings. The van der Waals surface area contributed by atoms with Gasteiger partial charge in [-0.05, 0) is 92.4 Å². The van der Waals surface area contributed by atoms with Crippen LogP contribution >= 0.6 is 11.6 Å². The van der Waals surface area contributed by atoms with Crippen LogP contribution in [0.3, 0.4) is 0 Å². The Morgan fingerprint density at radius 1 is 0.971 bits per heavy atom. The second kappa shape index (κ2) is 11.6. The number of nitrogens with one attached hydrogen (secondary N) is 1. The summed E-state index contributed by atoms with van der Waals surface area (Å²) in [4.78, 5) is 13.2. The molecular formula is C27H31ClN2O4S. The average Bonchev–Trinajstić information content (AvgIpc) is 2.84.